The van der Waals surface area contributed by atoms with Crippen molar-refractivity contribution in [3.8, 4) is 0 Å². The van der Waals surface area contributed by atoms with Gasteiger partial charge in [0.05, 0.1) is 0 Å². The molecule has 1 unspecified atom stereocenters. The van der Waals surface area contributed by atoms with Crippen LogP contribution in [0.3, 0.4) is 0 Å². The molecular weight excluding hydrogens is 210 g/mol. The Balaban J connectivity index is 1.66. The maximum Gasteiger partial charge on any atom is 0.138 e. The van der Waals surface area contributed by atoms with Crippen LogP contribution in [0.25, 0.3) is 0 Å². The Morgan fingerprint density at radius 2 is 1.88 bits per heavy atom. The predicted octanol–water partition coefficient (Wildman–Crippen LogP) is 3.11. The normalized spacial score (nSPS) is 36.1. The second kappa shape index (κ2) is 5.99. The second-order valence-corrected chi connectivity index (χ2v) is 6.33. The molecule has 0 spiro atoms. The van der Waals surface area contributed by atoms with E-state index in [0.29, 0.717) is 5.78 Å². The van der Waals surface area contributed by atoms with E-state index in [1.807, 2.05) is 0 Å². The minimum absolute atomic E-state index is 0.273. The van der Waals surface area contributed by atoms with Gasteiger partial charge in [-0.15, -0.1) is 0 Å². The molecule has 1 saturated heterocycles. The monoisotopic (exact) mass is 237 g/mol. The van der Waals surface area contributed by atoms with Crippen LogP contribution in [0, 0.1) is 17.8 Å². The van der Waals surface area contributed by atoms with E-state index in [1.165, 1.54) is 38.6 Å². The zero-order valence-corrected chi connectivity index (χ0v) is 11.5. The standard InChI is InChI=1S/C15H27NO/c1-12-3-5-14(6-4-12)7-9-16-10-8-15(17)13(2)11-16/h12-14H,3-11H2,1-2H3. The molecular formula is C15H27NO. The summed E-state index contributed by atoms with van der Waals surface area (Å²) in [5.74, 6) is 2.65. The van der Waals surface area contributed by atoms with E-state index in [0.717, 1.165) is 31.3 Å². The smallest absolute Gasteiger partial charge is 0.138 e. The Morgan fingerprint density at radius 3 is 2.53 bits per heavy atom. The van der Waals surface area contributed by atoms with E-state index >= 15 is 0 Å². The van der Waals surface area contributed by atoms with Crippen molar-refractivity contribution in [2.75, 3.05) is 19.6 Å². The van der Waals surface area contributed by atoms with Gasteiger partial charge in [0.15, 0.2) is 0 Å². The molecule has 98 valence electrons. The molecule has 1 heterocycles. The molecule has 17 heavy (non-hydrogen) atoms. The molecule has 2 aliphatic rings. The van der Waals surface area contributed by atoms with Crippen molar-refractivity contribution in [3.05, 3.63) is 0 Å². The van der Waals surface area contributed by atoms with Crippen LogP contribution in [-0.4, -0.2) is 30.3 Å². The highest BCUT2D eigenvalue weighted by molar-refractivity contribution is 5.81. The number of hydrogen-bond donors (Lipinski definition) is 0. The van der Waals surface area contributed by atoms with Crippen molar-refractivity contribution in [1.29, 1.82) is 0 Å². The third-order valence-electron chi connectivity index (χ3n) is 4.75. The average molecular weight is 237 g/mol. The molecule has 0 aromatic heterocycles. The molecule has 2 fully saturated rings. The van der Waals surface area contributed by atoms with Gasteiger partial charge < -0.3 is 4.90 Å². The Morgan fingerprint density at radius 1 is 1.18 bits per heavy atom. The maximum atomic E-state index is 11.5. The molecule has 1 atom stereocenters. The van der Waals surface area contributed by atoms with Crippen molar-refractivity contribution in [1.82, 2.24) is 4.90 Å². The van der Waals surface area contributed by atoms with Gasteiger partial charge in [-0.25, -0.2) is 0 Å². The number of carbonyl (C=O) groups is 1. The maximum absolute atomic E-state index is 11.5. The fourth-order valence-corrected chi connectivity index (χ4v) is 3.28. The highest BCUT2D eigenvalue weighted by Crippen LogP contribution is 2.30. The number of likely N-dealkylation sites (tertiary alicyclic amines) is 1. The SMILES string of the molecule is CC1CCC(CCN2CCC(=O)C(C)C2)CC1. The summed E-state index contributed by atoms with van der Waals surface area (Å²) >= 11 is 0. The summed E-state index contributed by atoms with van der Waals surface area (Å²) in [6.45, 7) is 7.69. The van der Waals surface area contributed by atoms with E-state index < -0.39 is 0 Å². The van der Waals surface area contributed by atoms with E-state index in [4.69, 9.17) is 0 Å². The van der Waals surface area contributed by atoms with Crippen LogP contribution in [0.4, 0.5) is 0 Å². The minimum Gasteiger partial charge on any atom is -0.302 e. The largest absolute Gasteiger partial charge is 0.302 e. The highest BCUT2D eigenvalue weighted by atomic mass is 16.1. The van der Waals surface area contributed by atoms with Gasteiger partial charge in [0.1, 0.15) is 5.78 Å². The lowest BCUT2D eigenvalue weighted by Crippen LogP contribution is -2.40. The first-order valence-electron chi connectivity index (χ1n) is 7.40. The van der Waals surface area contributed by atoms with Crippen molar-refractivity contribution in [3.63, 3.8) is 0 Å². The molecule has 0 radical (unpaired) electrons. The van der Waals surface area contributed by atoms with Gasteiger partial charge in [-0.2, -0.15) is 0 Å². The summed E-state index contributed by atoms with van der Waals surface area (Å²) in [7, 11) is 0. The summed E-state index contributed by atoms with van der Waals surface area (Å²) in [6.07, 6.45) is 7.86. The molecule has 0 aromatic carbocycles. The Kier molecular flexibility index (Phi) is 4.61. The third-order valence-corrected chi connectivity index (χ3v) is 4.75. The van der Waals surface area contributed by atoms with E-state index in [2.05, 4.69) is 18.7 Å². The van der Waals surface area contributed by atoms with Gasteiger partial charge in [-0.1, -0.05) is 39.5 Å². The quantitative estimate of drug-likeness (QED) is 0.751. The molecule has 1 aliphatic heterocycles. The molecule has 2 nitrogen and oxygen atoms in total. The van der Waals surface area contributed by atoms with Crippen LogP contribution in [0.2, 0.25) is 0 Å². The van der Waals surface area contributed by atoms with Gasteiger partial charge in [-0.05, 0) is 24.8 Å². The number of hydrogen-bond acceptors (Lipinski definition) is 2. The van der Waals surface area contributed by atoms with Crippen LogP contribution in [0.15, 0.2) is 0 Å². The first kappa shape index (κ1) is 13.1. The molecule has 0 N–H and O–H groups in total. The fourth-order valence-electron chi connectivity index (χ4n) is 3.28. The Labute approximate surface area is 106 Å². The van der Waals surface area contributed by atoms with E-state index in [9.17, 15) is 4.79 Å². The van der Waals surface area contributed by atoms with Crippen molar-refractivity contribution >= 4 is 5.78 Å². The lowest BCUT2D eigenvalue weighted by molar-refractivity contribution is -0.125. The minimum atomic E-state index is 0.273. The molecule has 1 aliphatic carbocycles. The van der Waals surface area contributed by atoms with Crippen molar-refractivity contribution in [2.45, 2.75) is 52.4 Å². The van der Waals surface area contributed by atoms with Gasteiger partial charge in [0, 0.05) is 25.4 Å². The average Bonchev–Trinajstić information content (AvgIpc) is 2.33. The van der Waals surface area contributed by atoms with Crippen LogP contribution in [-0.2, 0) is 4.79 Å². The number of Topliss-reactive ketones (excluding diaryl/α,β-unsaturated/α-hetero) is 1. The van der Waals surface area contributed by atoms with Gasteiger partial charge in [0.2, 0.25) is 0 Å². The molecule has 2 rings (SSSR count). The molecule has 0 aromatic rings. The summed E-state index contributed by atoms with van der Waals surface area (Å²) in [5, 5.41) is 0. The lowest BCUT2D eigenvalue weighted by atomic mass is 9.81. The highest BCUT2D eigenvalue weighted by Gasteiger charge is 2.24. The fraction of sp³-hybridized carbons (Fsp3) is 0.933. The molecule has 2 heteroatoms. The number of carbonyl (C=O) groups excluding carboxylic acids is 1. The molecule has 0 amide bonds. The number of ketones is 1. The van der Waals surface area contributed by atoms with Crippen molar-refractivity contribution < 1.29 is 4.79 Å². The number of piperidine rings is 1. The Hall–Kier alpha value is -0.370. The summed E-state index contributed by atoms with van der Waals surface area (Å²) in [5.41, 5.74) is 0. The number of nitrogens with zero attached hydrogens (tertiary/aromatic N) is 1. The third kappa shape index (κ3) is 3.80. The lowest BCUT2D eigenvalue weighted by Gasteiger charge is -2.32. The first-order valence-corrected chi connectivity index (χ1v) is 7.40. The molecule has 1 saturated carbocycles. The van der Waals surface area contributed by atoms with E-state index in [-0.39, 0.29) is 5.92 Å². The summed E-state index contributed by atoms with van der Waals surface area (Å²) in [4.78, 5) is 14.0. The van der Waals surface area contributed by atoms with Crippen LogP contribution in [0.1, 0.15) is 52.4 Å². The van der Waals surface area contributed by atoms with Gasteiger partial charge in [0.25, 0.3) is 0 Å². The number of rotatable bonds is 3. The zero-order chi connectivity index (χ0) is 12.3. The van der Waals surface area contributed by atoms with Crippen LogP contribution in [0.5, 0.6) is 0 Å². The first-order chi connectivity index (χ1) is 8.15. The van der Waals surface area contributed by atoms with Gasteiger partial charge >= 0.3 is 0 Å². The van der Waals surface area contributed by atoms with E-state index in [1.54, 1.807) is 0 Å². The topological polar surface area (TPSA) is 20.3 Å². The molecule has 0 bridgehead atoms. The van der Waals surface area contributed by atoms with Gasteiger partial charge in [-0.3, -0.25) is 4.79 Å². The van der Waals surface area contributed by atoms with Crippen LogP contribution < -0.4 is 0 Å². The summed E-state index contributed by atoms with van der Waals surface area (Å²) in [6, 6.07) is 0. The second-order valence-electron chi connectivity index (χ2n) is 6.33. The zero-order valence-electron chi connectivity index (χ0n) is 11.5. The van der Waals surface area contributed by atoms with Crippen molar-refractivity contribution in [2.24, 2.45) is 17.8 Å². The Bertz CT molecular complexity index is 256. The predicted molar refractivity (Wildman–Crippen MR) is 71.0 cm³/mol. The summed E-state index contributed by atoms with van der Waals surface area (Å²) < 4.78 is 0. The van der Waals surface area contributed by atoms with Crippen LogP contribution >= 0.6 is 0 Å².